The van der Waals surface area contributed by atoms with Crippen molar-refractivity contribution in [3.05, 3.63) is 69.4 Å². The van der Waals surface area contributed by atoms with E-state index in [2.05, 4.69) is 15.9 Å². The summed E-state index contributed by atoms with van der Waals surface area (Å²) < 4.78 is 40.7. The summed E-state index contributed by atoms with van der Waals surface area (Å²) in [6.45, 7) is 0. The standard InChI is InChI=1S/C15H13BrF3N/c16-13-4-5-14(18)12(15(13)19)8-11(20)7-9-2-1-3-10(17)6-9/h1-6,11H,7-8,20H2. The molecule has 0 radical (unpaired) electrons. The normalized spacial score (nSPS) is 12.4. The molecule has 2 aromatic rings. The van der Waals surface area contributed by atoms with E-state index in [0.717, 1.165) is 0 Å². The summed E-state index contributed by atoms with van der Waals surface area (Å²) in [6, 6.07) is 8.03. The van der Waals surface area contributed by atoms with Crippen molar-refractivity contribution in [1.82, 2.24) is 0 Å². The van der Waals surface area contributed by atoms with Crippen LogP contribution >= 0.6 is 15.9 Å². The third-order valence-corrected chi connectivity index (χ3v) is 3.60. The molecule has 0 spiro atoms. The van der Waals surface area contributed by atoms with Crippen LogP contribution in [0, 0.1) is 17.5 Å². The van der Waals surface area contributed by atoms with Crippen LogP contribution in [0.1, 0.15) is 11.1 Å². The highest BCUT2D eigenvalue weighted by Gasteiger charge is 2.16. The second-order valence-corrected chi connectivity index (χ2v) is 5.47. The molecule has 2 aromatic carbocycles. The van der Waals surface area contributed by atoms with Crippen LogP contribution in [0.4, 0.5) is 13.2 Å². The number of nitrogens with two attached hydrogens (primary N) is 1. The highest BCUT2D eigenvalue weighted by molar-refractivity contribution is 9.10. The summed E-state index contributed by atoms with van der Waals surface area (Å²) in [4.78, 5) is 0. The molecule has 2 rings (SSSR count). The molecular weight excluding hydrogens is 331 g/mol. The maximum atomic E-state index is 13.8. The van der Waals surface area contributed by atoms with Gasteiger partial charge in [-0.1, -0.05) is 12.1 Å². The first kappa shape index (κ1) is 15.1. The van der Waals surface area contributed by atoms with Gasteiger partial charge in [-0.05, 0) is 58.6 Å². The number of benzene rings is 2. The van der Waals surface area contributed by atoms with Gasteiger partial charge in [-0.15, -0.1) is 0 Å². The Kier molecular flexibility index (Phi) is 4.83. The Bertz CT molecular complexity index is 616. The van der Waals surface area contributed by atoms with Gasteiger partial charge in [-0.3, -0.25) is 0 Å². The maximum absolute atomic E-state index is 13.8. The predicted octanol–water partition coefficient (Wildman–Crippen LogP) is 3.98. The van der Waals surface area contributed by atoms with Crippen molar-refractivity contribution in [2.24, 2.45) is 5.73 Å². The monoisotopic (exact) mass is 343 g/mol. The molecule has 20 heavy (non-hydrogen) atoms. The van der Waals surface area contributed by atoms with E-state index in [9.17, 15) is 13.2 Å². The first-order chi connectivity index (χ1) is 9.47. The Morgan fingerprint density at radius 3 is 2.50 bits per heavy atom. The summed E-state index contributed by atoms with van der Waals surface area (Å²) in [5, 5.41) is 0. The molecule has 0 bridgehead atoms. The molecular formula is C15H13BrF3N. The second kappa shape index (κ2) is 6.41. The molecule has 0 aliphatic heterocycles. The van der Waals surface area contributed by atoms with Crippen molar-refractivity contribution < 1.29 is 13.2 Å². The van der Waals surface area contributed by atoms with Crippen LogP contribution in [0.3, 0.4) is 0 Å². The Labute approximate surface area is 123 Å². The number of rotatable bonds is 4. The minimum absolute atomic E-state index is 0.0492. The van der Waals surface area contributed by atoms with E-state index < -0.39 is 17.7 Å². The molecule has 0 aromatic heterocycles. The molecule has 5 heteroatoms. The van der Waals surface area contributed by atoms with Crippen LogP contribution in [0.25, 0.3) is 0 Å². The fourth-order valence-electron chi connectivity index (χ4n) is 2.06. The summed E-state index contributed by atoms with van der Waals surface area (Å²) >= 11 is 3.01. The van der Waals surface area contributed by atoms with Gasteiger partial charge in [0.05, 0.1) is 4.47 Å². The maximum Gasteiger partial charge on any atom is 0.143 e. The van der Waals surface area contributed by atoms with E-state index in [1.165, 1.54) is 24.3 Å². The Morgan fingerprint density at radius 2 is 1.80 bits per heavy atom. The molecule has 0 aliphatic rings. The van der Waals surface area contributed by atoms with Gasteiger partial charge in [-0.2, -0.15) is 0 Å². The lowest BCUT2D eigenvalue weighted by Gasteiger charge is -2.13. The van der Waals surface area contributed by atoms with Crippen molar-refractivity contribution in [2.45, 2.75) is 18.9 Å². The average molecular weight is 344 g/mol. The Morgan fingerprint density at radius 1 is 1.05 bits per heavy atom. The fraction of sp³-hybridized carbons (Fsp3) is 0.200. The van der Waals surface area contributed by atoms with E-state index in [1.807, 2.05) is 0 Å². The highest BCUT2D eigenvalue weighted by Crippen LogP contribution is 2.23. The quantitative estimate of drug-likeness (QED) is 0.835. The summed E-state index contributed by atoms with van der Waals surface area (Å²) in [5.74, 6) is -1.62. The molecule has 0 saturated heterocycles. The zero-order valence-corrected chi connectivity index (χ0v) is 12.1. The summed E-state index contributed by atoms with van der Waals surface area (Å²) in [5.41, 5.74) is 6.55. The molecule has 0 amide bonds. The molecule has 0 saturated carbocycles. The van der Waals surface area contributed by atoms with E-state index >= 15 is 0 Å². The lowest BCUT2D eigenvalue weighted by molar-refractivity contribution is 0.529. The molecule has 1 nitrogen and oxygen atoms in total. The van der Waals surface area contributed by atoms with E-state index in [4.69, 9.17) is 5.73 Å². The van der Waals surface area contributed by atoms with Crippen LogP contribution in [0.2, 0.25) is 0 Å². The van der Waals surface area contributed by atoms with Crippen molar-refractivity contribution >= 4 is 15.9 Å². The Hall–Kier alpha value is -1.33. The lowest BCUT2D eigenvalue weighted by atomic mass is 9.99. The van der Waals surface area contributed by atoms with Crippen LogP contribution in [0.5, 0.6) is 0 Å². The fourth-order valence-corrected chi connectivity index (χ4v) is 2.43. The lowest BCUT2D eigenvalue weighted by Crippen LogP contribution is -2.26. The van der Waals surface area contributed by atoms with Gasteiger partial charge in [0.25, 0.3) is 0 Å². The molecule has 0 fully saturated rings. The van der Waals surface area contributed by atoms with Crippen LogP contribution < -0.4 is 5.73 Å². The summed E-state index contributed by atoms with van der Waals surface area (Å²) in [7, 11) is 0. The summed E-state index contributed by atoms with van der Waals surface area (Å²) in [6.07, 6.45) is 0.400. The Balaban J connectivity index is 2.12. The van der Waals surface area contributed by atoms with Crippen LogP contribution in [0.15, 0.2) is 40.9 Å². The minimum atomic E-state index is -0.639. The smallest absolute Gasteiger partial charge is 0.143 e. The molecule has 0 aliphatic carbocycles. The minimum Gasteiger partial charge on any atom is -0.327 e. The van der Waals surface area contributed by atoms with Crippen molar-refractivity contribution in [3.8, 4) is 0 Å². The number of hydrogen-bond acceptors (Lipinski definition) is 1. The third kappa shape index (κ3) is 3.61. The van der Waals surface area contributed by atoms with Crippen molar-refractivity contribution in [3.63, 3.8) is 0 Å². The van der Waals surface area contributed by atoms with E-state index in [0.29, 0.717) is 12.0 Å². The topological polar surface area (TPSA) is 26.0 Å². The molecule has 106 valence electrons. The first-order valence-corrected chi connectivity index (χ1v) is 6.89. The van der Waals surface area contributed by atoms with Gasteiger partial charge in [0, 0.05) is 11.6 Å². The zero-order valence-electron chi connectivity index (χ0n) is 10.5. The van der Waals surface area contributed by atoms with Gasteiger partial charge in [0.1, 0.15) is 17.5 Å². The molecule has 1 atom stereocenters. The van der Waals surface area contributed by atoms with Crippen molar-refractivity contribution in [1.29, 1.82) is 0 Å². The molecule has 0 heterocycles. The predicted molar refractivity (Wildman–Crippen MR) is 75.8 cm³/mol. The van der Waals surface area contributed by atoms with Crippen LogP contribution in [-0.2, 0) is 12.8 Å². The van der Waals surface area contributed by atoms with Gasteiger partial charge >= 0.3 is 0 Å². The second-order valence-electron chi connectivity index (χ2n) is 4.62. The van der Waals surface area contributed by atoms with Gasteiger partial charge in [0.2, 0.25) is 0 Å². The van der Waals surface area contributed by atoms with Crippen molar-refractivity contribution in [2.75, 3.05) is 0 Å². The number of halogens is 4. The SMILES string of the molecule is NC(Cc1cccc(F)c1)Cc1c(F)ccc(Br)c1F. The van der Waals surface area contributed by atoms with Gasteiger partial charge in [0.15, 0.2) is 0 Å². The molecule has 1 unspecified atom stereocenters. The van der Waals surface area contributed by atoms with Gasteiger partial charge in [-0.25, -0.2) is 13.2 Å². The largest absolute Gasteiger partial charge is 0.327 e. The van der Waals surface area contributed by atoms with Gasteiger partial charge < -0.3 is 5.73 Å². The first-order valence-electron chi connectivity index (χ1n) is 6.09. The van der Waals surface area contributed by atoms with Crippen LogP contribution in [-0.4, -0.2) is 6.04 Å². The zero-order chi connectivity index (χ0) is 14.7. The highest BCUT2D eigenvalue weighted by atomic mass is 79.9. The third-order valence-electron chi connectivity index (χ3n) is 2.99. The van der Waals surface area contributed by atoms with E-state index in [1.54, 1.807) is 12.1 Å². The average Bonchev–Trinajstić information content (AvgIpc) is 2.39. The molecule has 2 N–H and O–H groups in total. The number of hydrogen-bond donors (Lipinski definition) is 1. The van der Waals surface area contributed by atoms with E-state index in [-0.39, 0.29) is 22.3 Å².